The lowest BCUT2D eigenvalue weighted by molar-refractivity contribution is 0.572. The third-order valence-corrected chi connectivity index (χ3v) is 4.17. The Balaban J connectivity index is 1.85. The lowest BCUT2D eigenvalue weighted by Crippen LogP contribution is -2.30. The van der Waals surface area contributed by atoms with Crippen LogP contribution in [0.15, 0.2) is 30.3 Å². The molecule has 22 heavy (non-hydrogen) atoms. The summed E-state index contributed by atoms with van der Waals surface area (Å²) in [4.78, 5) is 11.5. The van der Waals surface area contributed by atoms with Crippen LogP contribution in [0.4, 0.5) is 17.3 Å². The zero-order chi connectivity index (χ0) is 15.4. The molecule has 1 N–H and O–H groups in total. The minimum absolute atomic E-state index is 0.819. The molecule has 0 spiro atoms. The number of hydrogen-bond donors (Lipinski definition) is 1. The molecule has 0 saturated carbocycles. The molecule has 1 aliphatic heterocycles. The van der Waals surface area contributed by atoms with Crippen molar-refractivity contribution in [2.24, 2.45) is 0 Å². The number of hydrogen-bond acceptors (Lipinski definition) is 4. The molecule has 0 radical (unpaired) electrons. The summed E-state index contributed by atoms with van der Waals surface area (Å²) in [7, 11) is 0. The predicted octanol–water partition coefficient (Wildman–Crippen LogP) is 4.08. The van der Waals surface area contributed by atoms with Crippen LogP contribution in [-0.2, 0) is 6.42 Å². The fourth-order valence-electron chi connectivity index (χ4n) is 2.99. The Morgan fingerprint density at radius 3 is 2.64 bits per heavy atom. The molecule has 3 rings (SSSR count). The number of benzene rings is 1. The highest BCUT2D eigenvalue weighted by Crippen LogP contribution is 2.24. The van der Waals surface area contributed by atoms with E-state index in [9.17, 15) is 0 Å². The predicted molar refractivity (Wildman–Crippen MR) is 91.9 cm³/mol. The van der Waals surface area contributed by atoms with Gasteiger partial charge in [-0.25, -0.2) is 9.97 Å². The monoisotopic (exact) mass is 296 g/mol. The highest BCUT2D eigenvalue weighted by molar-refractivity contribution is 5.63. The Hall–Kier alpha value is -2.10. The lowest BCUT2D eigenvalue weighted by atomic mass is 10.1. The Morgan fingerprint density at radius 2 is 1.86 bits per heavy atom. The maximum absolute atomic E-state index is 4.62. The second-order valence-electron chi connectivity index (χ2n) is 5.84. The van der Waals surface area contributed by atoms with Gasteiger partial charge in [0.2, 0.25) is 0 Å². The first-order valence-electron chi connectivity index (χ1n) is 8.22. The van der Waals surface area contributed by atoms with E-state index in [-0.39, 0.29) is 0 Å². The summed E-state index contributed by atoms with van der Waals surface area (Å²) in [6.07, 6.45) is 4.84. The molecule has 4 heteroatoms. The number of rotatable bonds is 4. The zero-order valence-electron chi connectivity index (χ0n) is 13.5. The van der Waals surface area contributed by atoms with Crippen molar-refractivity contribution in [1.29, 1.82) is 0 Å². The smallest absolute Gasteiger partial charge is 0.136 e. The molecule has 1 aliphatic rings. The second kappa shape index (κ2) is 6.77. The normalized spacial score (nSPS) is 14.9. The topological polar surface area (TPSA) is 41.0 Å². The number of nitrogens with zero attached hydrogens (tertiary/aromatic N) is 3. The highest BCUT2D eigenvalue weighted by atomic mass is 15.2. The Morgan fingerprint density at radius 1 is 1.09 bits per heavy atom. The van der Waals surface area contributed by atoms with Crippen molar-refractivity contribution in [2.75, 3.05) is 23.3 Å². The third-order valence-electron chi connectivity index (χ3n) is 4.17. The van der Waals surface area contributed by atoms with Crippen molar-refractivity contribution in [3.63, 3.8) is 0 Å². The molecule has 0 amide bonds. The van der Waals surface area contributed by atoms with E-state index in [1.807, 2.05) is 6.92 Å². The number of aryl methyl sites for hydroxylation is 2. The second-order valence-corrected chi connectivity index (χ2v) is 5.84. The largest absolute Gasteiger partial charge is 0.356 e. The Labute approximate surface area is 132 Å². The Bertz CT molecular complexity index is 633. The molecule has 1 aromatic heterocycles. The van der Waals surface area contributed by atoms with E-state index in [0.717, 1.165) is 42.7 Å². The van der Waals surface area contributed by atoms with Crippen LogP contribution in [0.1, 0.15) is 37.6 Å². The SMILES string of the molecule is CCc1ccccc1Nc1cc(N2CCCCC2)nc(C)n1. The van der Waals surface area contributed by atoms with Crippen LogP contribution in [0.5, 0.6) is 0 Å². The van der Waals surface area contributed by atoms with Gasteiger partial charge in [-0.05, 0) is 44.2 Å². The van der Waals surface area contributed by atoms with Crippen LogP contribution in [0.2, 0.25) is 0 Å². The molecule has 1 fully saturated rings. The first-order valence-corrected chi connectivity index (χ1v) is 8.22. The van der Waals surface area contributed by atoms with Crippen molar-refractivity contribution < 1.29 is 0 Å². The van der Waals surface area contributed by atoms with Gasteiger partial charge in [-0.2, -0.15) is 0 Å². The van der Waals surface area contributed by atoms with Crippen LogP contribution in [0.25, 0.3) is 0 Å². The van der Waals surface area contributed by atoms with E-state index in [0.29, 0.717) is 0 Å². The summed E-state index contributed by atoms with van der Waals surface area (Å²) in [5, 5.41) is 3.47. The summed E-state index contributed by atoms with van der Waals surface area (Å²) < 4.78 is 0. The van der Waals surface area contributed by atoms with Crippen molar-refractivity contribution >= 4 is 17.3 Å². The van der Waals surface area contributed by atoms with Crippen LogP contribution in [0.3, 0.4) is 0 Å². The standard InChI is InChI=1S/C18H24N4/c1-3-15-9-5-6-10-16(15)21-17-13-18(20-14(2)19-17)22-11-7-4-8-12-22/h5-6,9-10,13H,3-4,7-8,11-12H2,1-2H3,(H,19,20,21). The average molecular weight is 296 g/mol. The zero-order valence-corrected chi connectivity index (χ0v) is 13.5. The fraction of sp³-hybridized carbons (Fsp3) is 0.444. The molecule has 2 aromatic rings. The molecule has 0 atom stereocenters. The van der Waals surface area contributed by atoms with Crippen molar-refractivity contribution in [3.05, 3.63) is 41.7 Å². The molecule has 0 unspecified atom stereocenters. The maximum atomic E-state index is 4.62. The minimum Gasteiger partial charge on any atom is -0.356 e. The third kappa shape index (κ3) is 3.38. The Kier molecular flexibility index (Phi) is 4.56. The van der Waals surface area contributed by atoms with E-state index < -0.39 is 0 Å². The number of aromatic nitrogens is 2. The number of anilines is 3. The molecule has 0 aliphatic carbocycles. The van der Waals surface area contributed by atoms with Gasteiger partial charge in [-0.3, -0.25) is 0 Å². The van der Waals surface area contributed by atoms with E-state index >= 15 is 0 Å². The first-order chi connectivity index (χ1) is 10.8. The van der Waals surface area contributed by atoms with Crippen LogP contribution in [-0.4, -0.2) is 23.1 Å². The van der Waals surface area contributed by atoms with E-state index in [2.05, 4.69) is 57.4 Å². The summed E-state index contributed by atoms with van der Waals surface area (Å²) in [6, 6.07) is 10.5. The molecule has 0 bridgehead atoms. The summed E-state index contributed by atoms with van der Waals surface area (Å²) in [5.74, 6) is 2.75. The lowest BCUT2D eigenvalue weighted by Gasteiger charge is -2.28. The van der Waals surface area contributed by atoms with Crippen LogP contribution in [0, 0.1) is 6.92 Å². The first kappa shape index (κ1) is 14.8. The average Bonchev–Trinajstić information content (AvgIpc) is 2.56. The summed E-state index contributed by atoms with van der Waals surface area (Å²) >= 11 is 0. The van der Waals surface area contributed by atoms with Crippen LogP contribution >= 0.6 is 0 Å². The van der Waals surface area contributed by atoms with Gasteiger partial charge in [0, 0.05) is 24.8 Å². The van der Waals surface area contributed by atoms with Gasteiger partial charge in [0.25, 0.3) is 0 Å². The van der Waals surface area contributed by atoms with E-state index in [1.54, 1.807) is 0 Å². The summed E-state index contributed by atoms with van der Waals surface area (Å²) in [5.41, 5.74) is 2.44. The number of piperidine rings is 1. The maximum Gasteiger partial charge on any atom is 0.136 e. The highest BCUT2D eigenvalue weighted by Gasteiger charge is 2.14. The van der Waals surface area contributed by atoms with Gasteiger partial charge in [0.1, 0.15) is 17.5 Å². The quantitative estimate of drug-likeness (QED) is 0.923. The molecule has 4 nitrogen and oxygen atoms in total. The minimum atomic E-state index is 0.819. The van der Waals surface area contributed by atoms with Crippen molar-refractivity contribution in [1.82, 2.24) is 9.97 Å². The molecule has 2 heterocycles. The van der Waals surface area contributed by atoms with Gasteiger partial charge in [0.15, 0.2) is 0 Å². The summed E-state index contributed by atoms with van der Waals surface area (Å²) in [6.45, 7) is 6.33. The van der Waals surface area contributed by atoms with Crippen LogP contribution < -0.4 is 10.2 Å². The van der Waals surface area contributed by atoms with Gasteiger partial charge < -0.3 is 10.2 Å². The number of nitrogens with one attached hydrogen (secondary N) is 1. The van der Waals surface area contributed by atoms with E-state index in [4.69, 9.17) is 0 Å². The van der Waals surface area contributed by atoms with Crippen molar-refractivity contribution in [2.45, 2.75) is 39.5 Å². The van der Waals surface area contributed by atoms with Crippen molar-refractivity contribution in [3.8, 4) is 0 Å². The molecule has 116 valence electrons. The number of para-hydroxylation sites is 1. The fourth-order valence-corrected chi connectivity index (χ4v) is 2.99. The van der Waals surface area contributed by atoms with Gasteiger partial charge >= 0.3 is 0 Å². The van der Waals surface area contributed by atoms with Gasteiger partial charge in [-0.15, -0.1) is 0 Å². The van der Waals surface area contributed by atoms with E-state index in [1.165, 1.54) is 24.8 Å². The molecular formula is C18H24N4. The molecular weight excluding hydrogens is 272 g/mol. The van der Waals surface area contributed by atoms with Gasteiger partial charge in [-0.1, -0.05) is 25.1 Å². The van der Waals surface area contributed by atoms with Gasteiger partial charge in [0.05, 0.1) is 0 Å². The molecule has 1 saturated heterocycles. The molecule has 1 aromatic carbocycles.